The van der Waals surface area contributed by atoms with Crippen molar-refractivity contribution >= 4 is 33.1 Å². The zero-order chi connectivity index (χ0) is 52.8. The summed E-state index contributed by atoms with van der Waals surface area (Å²) in [6.07, 6.45) is 3.18. The molecule has 7 aromatic carbocycles. The smallest absolute Gasteiger partial charge is 0.486 e. The van der Waals surface area contributed by atoms with Gasteiger partial charge in [0.05, 0.1) is 22.4 Å². The summed E-state index contributed by atoms with van der Waals surface area (Å²) in [5, 5.41) is 11.2. The molecule has 0 N–H and O–H groups in total. The van der Waals surface area contributed by atoms with E-state index in [1.807, 2.05) is 91.0 Å². The van der Waals surface area contributed by atoms with Crippen molar-refractivity contribution in [1.29, 1.82) is 5.26 Å². The first-order chi connectivity index (χ1) is 36.9. The van der Waals surface area contributed by atoms with Crippen LogP contribution in [0.1, 0.15) is 66.0 Å². The molecule has 360 valence electrons. The van der Waals surface area contributed by atoms with Crippen LogP contribution in [0.15, 0.2) is 211 Å². The van der Waals surface area contributed by atoms with Gasteiger partial charge in [0.25, 0.3) is 0 Å². The average molecular weight is 1140 g/mol. The monoisotopic (exact) mass is 1140 g/mol. The molecule has 74 heavy (non-hydrogen) atoms. The predicted molar refractivity (Wildman–Crippen MR) is 296 cm³/mol. The summed E-state index contributed by atoms with van der Waals surface area (Å²) in [6, 6.07) is 76.1. The Balaban J connectivity index is 0.000000202. The van der Waals surface area contributed by atoms with Crippen LogP contribution >= 0.6 is 0 Å². The summed E-state index contributed by atoms with van der Waals surface area (Å²) < 4.78 is 30.4. The quantitative estimate of drug-likeness (QED) is 0.141. The molecular weight excluding hydrogens is 1080 g/mol. The van der Waals surface area contributed by atoms with Crippen LogP contribution in [0.5, 0.6) is 0 Å². The van der Waals surface area contributed by atoms with Crippen molar-refractivity contribution in [2.75, 3.05) is 0 Å². The number of nitrogens with zero attached hydrogens (tertiary/aromatic N) is 6. The zero-order valence-electron chi connectivity index (χ0n) is 44.2. The van der Waals surface area contributed by atoms with Gasteiger partial charge in [-0.1, -0.05) is 130 Å². The molecule has 0 bridgehead atoms. The number of rotatable bonds is 8. The Morgan fingerprint density at radius 2 is 1.22 bits per heavy atom. The minimum absolute atomic E-state index is 0. The third-order valence-corrected chi connectivity index (χ3v) is 12.6. The van der Waals surface area contributed by atoms with E-state index in [1.165, 1.54) is 39.6 Å². The Morgan fingerprint density at radius 3 is 1.82 bits per heavy atom. The fourth-order valence-corrected chi connectivity index (χ4v) is 8.92. The fraction of sp³-hybridized carbons (Fsp3) is 0.106. The maximum atomic E-state index is 9.47. The van der Waals surface area contributed by atoms with E-state index in [9.17, 15) is 5.26 Å². The van der Waals surface area contributed by atoms with Gasteiger partial charge in [-0.05, 0) is 111 Å². The standard InChI is InChI=1S/C43H33N4O.C12H10N.C11H8N.Ir/c1-26(2)36-23-31(30-19-17-29(18-20-30)28-11-6-5-7-12-28)24-37(27(3)4)40(36)47-39-16-9-8-15-38(39)46-42(47)35-14-10-13-33-34-22-21-32(25-44)45-43(34)48-41(33)35;1-10-7-8-12(13-9-10)11-5-3-2-4-6-11;1-2-6-10(7-3-1)11-8-4-5-9-12-11;/h5-13,15-24,26-27H,1-4H3;2-5,7-9H,1H3;1-6,8-9H;/q3*-1;+3/i;1D3;;. The van der Waals surface area contributed by atoms with Gasteiger partial charge in [0.1, 0.15) is 11.8 Å². The maximum absolute atomic E-state index is 9.47. The maximum Gasteiger partial charge on any atom is 3.00 e. The van der Waals surface area contributed by atoms with Crippen molar-refractivity contribution in [2.45, 2.75) is 46.4 Å². The van der Waals surface area contributed by atoms with E-state index in [1.54, 1.807) is 30.5 Å². The van der Waals surface area contributed by atoms with Crippen molar-refractivity contribution in [3.05, 3.63) is 247 Å². The van der Waals surface area contributed by atoms with E-state index in [4.69, 9.17) is 13.5 Å². The third-order valence-electron chi connectivity index (χ3n) is 12.6. The number of furan rings is 1. The molecule has 0 radical (unpaired) electrons. The minimum Gasteiger partial charge on any atom is -0.486 e. The van der Waals surface area contributed by atoms with Crippen LogP contribution in [0, 0.1) is 36.4 Å². The number of aromatic nitrogens is 5. The molecule has 5 aromatic heterocycles. The van der Waals surface area contributed by atoms with Crippen LogP contribution in [0.4, 0.5) is 0 Å². The van der Waals surface area contributed by atoms with E-state index in [2.05, 4.69) is 150 Å². The third kappa shape index (κ3) is 10.8. The van der Waals surface area contributed by atoms with Crippen LogP contribution < -0.4 is 0 Å². The van der Waals surface area contributed by atoms with Gasteiger partial charge in [-0.25, -0.2) is 4.98 Å². The molecule has 0 aliphatic carbocycles. The molecule has 12 rings (SSSR count). The topological polar surface area (TPSA) is 93.4 Å². The van der Waals surface area contributed by atoms with Gasteiger partial charge in [0.15, 0.2) is 0 Å². The van der Waals surface area contributed by atoms with E-state index in [0.717, 1.165) is 61.4 Å². The molecular formula is C66H51IrN6O. The first-order valence-electron chi connectivity index (χ1n) is 25.7. The van der Waals surface area contributed by atoms with Crippen LogP contribution in [0.25, 0.3) is 94.9 Å². The molecule has 0 saturated heterocycles. The predicted octanol–water partition coefficient (Wildman–Crippen LogP) is 16.6. The van der Waals surface area contributed by atoms with Gasteiger partial charge >= 0.3 is 20.1 Å². The molecule has 0 saturated carbocycles. The number of hydrogen-bond donors (Lipinski definition) is 0. The molecule has 0 fully saturated rings. The average Bonchev–Trinajstić information content (AvgIpc) is 4.06. The normalized spacial score (nSPS) is 11.7. The van der Waals surface area contributed by atoms with Gasteiger partial charge in [0, 0.05) is 27.6 Å². The molecule has 0 unspecified atom stereocenters. The van der Waals surface area contributed by atoms with Crippen LogP contribution in [-0.2, 0) is 20.1 Å². The molecule has 7 nitrogen and oxygen atoms in total. The molecule has 12 aromatic rings. The second kappa shape index (κ2) is 22.9. The molecule has 0 aliphatic rings. The van der Waals surface area contributed by atoms with E-state index in [-0.39, 0.29) is 37.5 Å². The Labute approximate surface area is 450 Å². The number of benzene rings is 7. The molecule has 0 spiro atoms. The largest absolute Gasteiger partial charge is 3.00 e. The summed E-state index contributed by atoms with van der Waals surface area (Å²) in [6.45, 7) is 6.94. The Morgan fingerprint density at radius 1 is 0.581 bits per heavy atom. The molecule has 0 aliphatic heterocycles. The number of fused-ring (bicyclic) bond motifs is 4. The molecule has 5 heterocycles. The van der Waals surface area contributed by atoms with Crippen LogP contribution in [-0.4, -0.2) is 24.5 Å². The number of aryl methyl sites for hydroxylation is 1. The van der Waals surface area contributed by atoms with Gasteiger partial charge < -0.3 is 19.0 Å². The van der Waals surface area contributed by atoms with Crippen molar-refractivity contribution in [2.24, 2.45) is 0 Å². The van der Waals surface area contributed by atoms with Gasteiger partial charge in [-0.2, -0.15) is 5.26 Å². The van der Waals surface area contributed by atoms with Gasteiger partial charge in [0.2, 0.25) is 5.71 Å². The zero-order valence-corrected chi connectivity index (χ0v) is 43.6. The van der Waals surface area contributed by atoms with Crippen molar-refractivity contribution in [3.8, 4) is 67.9 Å². The molecule has 0 atom stereocenters. The number of para-hydroxylation sites is 2. The molecule has 8 heteroatoms. The first-order valence-corrected chi connectivity index (χ1v) is 24.2. The van der Waals surface area contributed by atoms with E-state index in [0.29, 0.717) is 17.0 Å². The van der Waals surface area contributed by atoms with E-state index >= 15 is 0 Å². The van der Waals surface area contributed by atoms with Gasteiger partial charge in [-0.15, -0.1) is 90.0 Å². The number of hydrogen-bond acceptors (Lipinski definition) is 6. The Hall–Kier alpha value is -8.60. The Kier molecular flexibility index (Phi) is 14.4. The fourth-order valence-electron chi connectivity index (χ4n) is 8.92. The number of imidazole rings is 1. The number of nitriles is 1. The summed E-state index contributed by atoms with van der Waals surface area (Å²) in [5.41, 5.74) is 16.3. The summed E-state index contributed by atoms with van der Waals surface area (Å²) in [5.74, 6) is 1.22. The summed E-state index contributed by atoms with van der Waals surface area (Å²) in [4.78, 5) is 18.0. The van der Waals surface area contributed by atoms with Crippen molar-refractivity contribution < 1.29 is 28.6 Å². The van der Waals surface area contributed by atoms with Crippen LogP contribution in [0.3, 0.4) is 0 Å². The van der Waals surface area contributed by atoms with Crippen molar-refractivity contribution in [3.63, 3.8) is 0 Å². The Bertz CT molecular complexity index is 3900. The van der Waals surface area contributed by atoms with Crippen molar-refractivity contribution in [1.82, 2.24) is 24.5 Å². The summed E-state index contributed by atoms with van der Waals surface area (Å²) in [7, 11) is 0. The second-order valence-corrected chi connectivity index (χ2v) is 18.1. The SMILES string of the molecule is CC(C)c1cc(-c2ccc(-c3ccccc3)cc2)cc(C(C)C)c1-n1c(-c2[c-]ccc3c2oc2nc(C#N)ccc23)nc2ccccc21.[2H]C([2H])([2H])c1ccc(-c2[c-]cccc2)nc1.[Ir+3].[c-]1ccccc1-c1ccccn1. The summed E-state index contributed by atoms with van der Waals surface area (Å²) >= 11 is 0. The molecule has 0 amide bonds. The van der Waals surface area contributed by atoms with E-state index < -0.39 is 6.85 Å². The number of pyridine rings is 3. The minimum atomic E-state index is -2.09. The second-order valence-electron chi connectivity index (χ2n) is 18.1. The van der Waals surface area contributed by atoms with Crippen LogP contribution in [0.2, 0.25) is 0 Å². The van der Waals surface area contributed by atoms with Gasteiger partial charge in [-0.3, -0.25) is 4.98 Å². The first kappa shape index (κ1) is 46.5.